The second-order valence-corrected chi connectivity index (χ2v) is 5.03. The maximum Gasteiger partial charge on any atom is 0.349 e. The Labute approximate surface area is 138 Å². The first-order valence-corrected chi connectivity index (χ1v) is 7.49. The summed E-state index contributed by atoms with van der Waals surface area (Å²) in [7, 11) is 0. The fourth-order valence-corrected chi connectivity index (χ4v) is 2.23. The van der Waals surface area contributed by atoms with Crippen molar-refractivity contribution >= 4 is 22.6 Å². The van der Waals surface area contributed by atoms with E-state index in [4.69, 9.17) is 9.15 Å². The standard InChI is InChI=1S/C18H16N2O4/c1-2-23-14-8-9-16-12(10-14)11-15(18(22)24-16)17(21)20-19-13-6-4-3-5-7-13/h3-11,19H,2H2,1H3,(H,20,21). The molecule has 0 bridgehead atoms. The second kappa shape index (κ2) is 6.87. The summed E-state index contributed by atoms with van der Waals surface area (Å²) < 4.78 is 10.6. The number of hydrogen-bond donors (Lipinski definition) is 2. The van der Waals surface area contributed by atoms with Crippen LogP contribution >= 0.6 is 0 Å². The van der Waals surface area contributed by atoms with Crippen LogP contribution in [-0.2, 0) is 0 Å². The lowest BCUT2D eigenvalue weighted by Gasteiger charge is -2.08. The smallest absolute Gasteiger partial charge is 0.349 e. The minimum absolute atomic E-state index is 0.0837. The molecule has 3 aromatic rings. The Hall–Kier alpha value is -3.28. The van der Waals surface area contributed by atoms with Gasteiger partial charge in [0.15, 0.2) is 0 Å². The van der Waals surface area contributed by atoms with Gasteiger partial charge in [0, 0.05) is 5.39 Å². The van der Waals surface area contributed by atoms with E-state index in [0.29, 0.717) is 29.0 Å². The molecule has 0 saturated carbocycles. The molecular weight excluding hydrogens is 308 g/mol. The number of benzene rings is 2. The van der Waals surface area contributed by atoms with E-state index in [1.54, 1.807) is 30.3 Å². The average Bonchev–Trinajstić information content (AvgIpc) is 2.60. The van der Waals surface area contributed by atoms with E-state index in [1.165, 1.54) is 6.07 Å². The third-order valence-corrected chi connectivity index (χ3v) is 3.35. The molecule has 2 N–H and O–H groups in total. The van der Waals surface area contributed by atoms with E-state index in [1.807, 2.05) is 25.1 Å². The predicted octanol–water partition coefficient (Wildman–Crippen LogP) is 2.95. The highest BCUT2D eigenvalue weighted by atomic mass is 16.5. The van der Waals surface area contributed by atoms with Gasteiger partial charge in [-0.1, -0.05) is 18.2 Å². The highest BCUT2D eigenvalue weighted by Crippen LogP contribution is 2.20. The fourth-order valence-electron chi connectivity index (χ4n) is 2.23. The highest BCUT2D eigenvalue weighted by molar-refractivity contribution is 5.97. The van der Waals surface area contributed by atoms with Crippen molar-refractivity contribution in [2.24, 2.45) is 0 Å². The monoisotopic (exact) mass is 324 g/mol. The first kappa shape index (κ1) is 15.6. The Morgan fingerprint density at radius 3 is 2.67 bits per heavy atom. The lowest BCUT2D eigenvalue weighted by Crippen LogP contribution is -2.32. The van der Waals surface area contributed by atoms with Crippen molar-refractivity contribution in [1.82, 2.24) is 5.43 Å². The maximum absolute atomic E-state index is 12.2. The summed E-state index contributed by atoms with van der Waals surface area (Å²) in [5.41, 5.74) is 5.55. The number of carbonyl (C=O) groups excluding carboxylic acids is 1. The largest absolute Gasteiger partial charge is 0.494 e. The van der Waals surface area contributed by atoms with Gasteiger partial charge in [-0.05, 0) is 43.3 Å². The van der Waals surface area contributed by atoms with E-state index < -0.39 is 11.5 Å². The van der Waals surface area contributed by atoms with Crippen molar-refractivity contribution in [3.05, 3.63) is 70.6 Å². The van der Waals surface area contributed by atoms with Crippen LogP contribution in [0.3, 0.4) is 0 Å². The van der Waals surface area contributed by atoms with E-state index in [-0.39, 0.29) is 5.56 Å². The molecular formula is C18H16N2O4. The third-order valence-electron chi connectivity index (χ3n) is 3.35. The maximum atomic E-state index is 12.2. The number of hydrazine groups is 1. The molecule has 0 unspecified atom stereocenters. The van der Waals surface area contributed by atoms with Crippen LogP contribution < -0.4 is 21.2 Å². The van der Waals surface area contributed by atoms with E-state index in [0.717, 1.165) is 0 Å². The zero-order valence-electron chi connectivity index (χ0n) is 13.0. The zero-order chi connectivity index (χ0) is 16.9. The van der Waals surface area contributed by atoms with Gasteiger partial charge in [-0.15, -0.1) is 0 Å². The number of fused-ring (bicyclic) bond motifs is 1. The quantitative estimate of drug-likeness (QED) is 0.557. The lowest BCUT2D eigenvalue weighted by molar-refractivity contribution is 0.0959. The number of amides is 1. The molecule has 0 radical (unpaired) electrons. The van der Waals surface area contributed by atoms with E-state index >= 15 is 0 Å². The van der Waals surface area contributed by atoms with Gasteiger partial charge in [0.2, 0.25) is 0 Å². The molecule has 0 aliphatic carbocycles. The molecule has 1 heterocycles. The Bertz CT molecular complexity index is 919. The van der Waals surface area contributed by atoms with E-state index in [2.05, 4.69) is 10.9 Å². The summed E-state index contributed by atoms with van der Waals surface area (Å²) in [6.45, 7) is 2.40. The first-order chi connectivity index (χ1) is 11.7. The Kier molecular flexibility index (Phi) is 4.47. The summed E-state index contributed by atoms with van der Waals surface area (Å²) in [5, 5.41) is 0.616. The van der Waals surface area contributed by atoms with E-state index in [9.17, 15) is 9.59 Å². The van der Waals surface area contributed by atoms with Crippen molar-refractivity contribution in [2.45, 2.75) is 6.92 Å². The zero-order valence-corrected chi connectivity index (χ0v) is 13.0. The van der Waals surface area contributed by atoms with Crippen LogP contribution in [0.1, 0.15) is 17.3 Å². The van der Waals surface area contributed by atoms with Crippen molar-refractivity contribution in [2.75, 3.05) is 12.0 Å². The van der Waals surface area contributed by atoms with Crippen LogP contribution in [0.5, 0.6) is 5.75 Å². The molecule has 0 spiro atoms. The Morgan fingerprint density at radius 2 is 1.92 bits per heavy atom. The molecule has 0 atom stereocenters. The molecule has 3 rings (SSSR count). The lowest BCUT2D eigenvalue weighted by atomic mass is 10.1. The van der Waals surface area contributed by atoms with Gasteiger partial charge in [-0.25, -0.2) is 4.79 Å². The molecule has 6 nitrogen and oxygen atoms in total. The van der Waals surface area contributed by atoms with Crippen LogP contribution in [0.4, 0.5) is 5.69 Å². The molecule has 0 aliphatic rings. The topological polar surface area (TPSA) is 80.6 Å². The van der Waals surface area contributed by atoms with Gasteiger partial charge in [0.1, 0.15) is 16.9 Å². The van der Waals surface area contributed by atoms with Gasteiger partial charge >= 0.3 is 5.63 Å². The van der Waals surface area contributed by atoms with Crippen molar-refractivity contribution in [1.29, 1.82) is 0 Å². The van der Waals surface area contributed by atoms with Crippen LogP contribution in [0, 0.1) is 0 Å². The van der Waals surface area contributed by atoms with Crippen LogP contribution in [-0.4, -0.2) is 12.5 Å². The molecule has 6 heteroatoms. The SMILES string of the molecule is CCOc1ccc2oc(=O)c(C(=O)NNc3ccccc3)cc2c1. The summed E-state index contributed by atoms with van der Waals surface area (Å²) in [4.78, 5) is 24.2. The van der Waals surface area contributed by atoms with Gasteiger partial charge in [0.05, 0.1) is 12.3 Å². The minimum atomic E-state index is -0.695. The molecule has 1 aromatic heterocycles. The summed E-state index contributed by atoms with van der Waals surface area (Å²) >= 11 is 0. The Balaban J connectivity index is 1.86. The number of para-hydroxylation sites is 1. The highest BCUT2D eigenvalue weighted by Gasteiger charge is 2.14. The average molecular weight is 324 g/mol. The second-order valence-electron chi connectivity index (χ2n) is 5.03. The molecule has 0 saturated heterocycles. The van der Waals surface area contributed by atoms with Crippen molar-refractivity contribution in [3.8, 4) is 5.75 Å². The number of rotatable bonds is 5. The third kappa shape index (κ3) is 3.38. The number of carbonyl (C=O) groups is 1. The number of anilines is 1. The van der Waals surface area contributed by atoms with Gasteiger partial charge in [0.25, 0.3) is 5.91 Å². The molecule has 122 valence electrons. The summed E-state index contributed by atoms with van der Waals surface area (Å²) in [6.07, 6.45) is 0. The van der Waals surface area contributed by atoms with Crippen molar-refractivity contribution in [3.63, 3.8) is 0 Å². The van der Waals surface area contributed by atoms with Gasteiger partial charge in [-0.2, -0.15) is 0 Å². The molecule has 2 aromatic carbocycles. The number of ether oxygens (including phenoxy) is 1. The van der Waals surface area contributed by atoms with Gasteiger partial charge < -0.3 is 9.15 Å². The summed E-state index contributed by atoms with van der Waals surface area (Å²) in [6, 6.07) is 15.7. The van der Waals surface area contributed by atoms with Crippen molar-refractivity contribution < 1.29 is 13.9 Å². The van der Waals surface area contributed by atoms with Crippen LogP contribution in [0.25, 0.3) is 11.0 Å². The Morgan fingerprint density at radius 1 is 1.12 bits per heavy atom. The molecule has 1 amide bonds. The molecule has 0 aliphatic heterocycles. The summed E-state index contributed by atoms with van der Waals surface area (Å²) in [5.74, 6) is 0.0731. The number of hydrogen-bond acceptors (Lipinski definition) is 5. The van der Waals surface area contributed by atoms with Crippen LogP contribution in [0.15, 0.2) is 63.8 Å². The predicted molar refractivity (Wildman–Crippen MR) is 91.2 cm³/mol. The minimum Gasteiger partial charge on any atom is -0.494 e. The molecule has 24 heavy (non-hydrogen) atoms. The fraction of sp³-hybridized carbons (Fsp3) is 0.111. The van der Waals surface area contributed by atoms with Crippen LogP contribution in [0.2, 0.25) is 0 Å². The molecule has 0 fully saturated rings. The number of nitrogens with one attached hydrogen (secondary N) is 2. The normalized spacial score (nSPS) is 10.4. The first-order valence-electron chi connectivity index (χ1n) is 7.49. The van der Waals surface area contributed by atoms with Gasteiger partial charge in [-0.3, -0.25) is 15.6 Å².